The van der Waals surface area contributed by atoms with Crippen molar-refractivity contribution in [1.82, 2.24) is 9.13 Å². The van der Waals surface area contributed by atoms with E-state index >= 15 is 0 Å². The minimum absolute atomic E-state index is 0.000912. The standard InChI is InChI=1S/C21H18FN3O3S/c1-24-19(26)18(20(27)25(2)21(24)28)15-11-17(12-7-9-13(22)10-8-12)29-16-6-4-3-5-14(16)23-15/h3-10,17,26H,11H2,1-2H3/t17-/m1/s1. The predicted molar refractivity (Wildman–Crippen MR) is 111 cm³/mol. The smallest absolute Gasteiger partial charge is 0.333 e. The summed E-state index contributed by atoms with van der Waals surface area (Å²) < 4.78 is 15.4. The van der Waals surface area contributed by atoms with Crippen molar-refractivity contribution in [3.05, 3.63) is 86.3 Å². The molecule has 0 unspecified atom stereocenters. The summed E-state index contributed by atoms with van der Waals surface area (Å²) >= 11 is 1.56. The molecule has 0 radical (unpaired) electrons. The fourth-order valence-corrected chi connectivity index (χ4v) is 4.55. The Morgan fingerprint density at radius 1 is 1.07 bits per heavy atom. The van der Waals surface area contributed by atoms with Gasteiger partial charge < -0.3 is 5.11 Å². The predicted octanol–water partition coefficient (Wildman–Crippen LogP) is 3.29. The first kappa shape index (κ1) is 19.2. The number of para-hydroxylation sites is 1. The number of halogens is 1. The molecule has 1 N–H and O–H groups in total. The van der Waals surface area contributed by atoms with Gasteiger partial charge in [-0.3, -0.25) is 18.9 Å². The van der Waals surface area contributed by atoms with Crippen molar-refractivity contribution >= 4 is 23.2 Å². The van der Waals surface area contributed by atoms with E-state index in [0.29, 0.717) is 17.8 Å². The molecule has 148 valence electrons. The third-order valence-electron chi connectivity index (χ3n) is 4.93. The summed E-state index contributed by atoms with van der Waals surface area (Å²) in [5.41, 5.74) is 0.709. The number of aromatic nitrogens is 2. The van der Waals surface area contributed by atoms with Crippen LogP contribution in [0, 0.1) is 5.82 Å². The maximum Gasteiger partial charge on any atom is 0.333 e. The van der Waals surface area contributed by atoms with E-state index in [0.717, 1.165) is 19.6 Å². The fourth-order valence-electron chi connectivity index (χ4n) is 3.32. The van der Waals surface area contributed by atoms with Gasteiger partial charge in [0.15, 0.2) is 0 Å². The second-order valence-corrected chi connectivity index (χ2v) is 8.04. The maximum absolute atomic E-state index is 13.4. The highest BCUT2D eigenvalue weighted by molar-refractivity contribution is 7.99. The van der Waals surface area contributed by atoms with E-state index in [9.17, 15) is 19.1 Å². The second-order valence-electron chi connectivity index (χ2n) is 6.79. The van der Waals surface area contributed by atoms with Crippen LogP contribution in [0.25, 0.3) is 0 Å². The fraction of sp³-hybridized carbons (Fsp3) is 0.190. The van der Waals surface area contributed by atoms with E-state index in [1.165, 1.54) is 26.2 Å². The number of fused-ring (bicyclic) bond motifs is 1. The summed E-state index contributed by atoms with van der Waals surface area (Å²) in [6, 6.07) is 13.7. The highest BCUT2D eigenvalue weighted by atomic mass is 32.2. The van der Waals surface area contributed by atoms with E-state index in [1.807, 2.05) is 24.3 Å². The molecule has 0 aliphatic carbocycles. The summed E-state index contributed by atoms with van der Waals surface area (Å²) in [4.78, 5) is 30.5. The molecule has 0 fully saturated rings. The zero-order valence-corrected chi connectivity index (χ0v) is 16.6. The summed E-state index contributed by atoms with van der Waals surface area (Å²) in [5.74, 6) is -0.745. The maximum atomic E-state index is 13.4. The average molecular weight is 411 g/mol. The summed E-state index contributed by atoms with van der Waals surface area (Å²) in [6.45, 7) is 0. The molecular weight excluding hydrogens is 393 g/mol. The minimum Gasteiger partial charge on any atom is -0.494 e. The highest BCUT2D eigenvalue weighted by Gasteiger charge is 2.27. The van der Waals surface area contributed by atoms with E-state index in [1.54, 1.807) is 23.9 Å². The van der Waals surface area contributed by atoms with Crippen LogP contribution in [0.1, 0.15) is 22.8 Å². The Balaban J connectivity index is 1.93. The number of rotatable bonds is 2. The molecule has 0 spiro atoms. The number of benzene rings is 2. The van der Waals surface area contributed by atoms with Gasteiger partial charge in [0.05, 0.1) is 11.4 Å². The minimum atomic E-state index is -0.615. The van der Waals surface area contributed by atoms with Crippen LogP contribution < -0.4 is 11.2 Å². The number of hydrogen-bond acceptors (Lipinski definition) is 5. The third kappa shape index (κ3) is 3.40. The number of nitrogens with zero attached hydrogens (tertiary/aromatic N) is 3. The summed E-state index contributed by atoms with van der Waals surface area (Å²) in [5, 5.41) is 10.4. The lowest BCUT2D eigenvalue weighted by Crippen LogP contribution is -2.40. The number of hydrogen-bond donors (Lipinski definition) is 1. The Labute approximate surface area is 170 Å². The SMILES string of the molecule is Cn1c(O)c(C2=Nc3ccccc3S[C@@H](c3ccc(F)cc3)C2)c(=O)n(C)c1=O. The molecule has 29 heavy (non-hydrogen) atoms. The van der Waals surface area contributed by atoms with Crippen molar-refractivity contribution in [2.75, 3.05) is 0 Å². The molecule has 3 aromatic rings. The van der Waals surface area contributed by atoms with E-state index in [4.69, 9.17) is 0 Å². The largest absolute Gasteiger partial charge is 0.494 e. The van der Waals surface area contributed by atoms with Gasteiger partial charge >= 0.3 is 5.69 Å². The molecule has 8 heteroatoms. The van der Waals surface area contributed by atoms with Gasteiger partial charge in [-0.15, -0.1) is 11.8 Å². The van der Waals surface area contributed by atoms with Crippen molar-refractivity contribution < 1.29 is 9.50 Å². The van der Waals surface area contributed by atoms with Crippen molar-refractivity contribution in [3.8, 4) is 5.88 Å². The van der Waals surface area contributed by atoms with E-state index in [-0.39, 0.29) is 16.6 Å². The summed E-state index contributed by atoms with van der Waals surface area (Å²) in [7, 11) is 2.77. The first-order valence-electron chi connectivity index (χ1n) is 8.95. The molecule has 2 aromatic carbocycles. The molecule has 4 rings (SSSR count). The molecule has 0 saturated carbocycles. The van der Waals surface area contributed by atoms with Gasteiger partial charge in [0.25, 0.3) is 5.56 Å². The molecule has 1 atom stereocenters. The van der Waals surface area contributed by atoms with Crippen LogP contribution in [0.3, 0.4) is 0 Å². The third-order valence-corrected chi connectivity index (χ3v) is 6.26. The lowest BCUT2D eigenvalue weighted by atomic mass is 10.0. The van der Waals surface area contributed by atoms with Crippen molar-refractivity contribution in [2.24, 2.45) is 19.1 Å². The highest BCUT2D eigenvalue weighted by Crippen LogP contribution is 2.45. The summed E-state index contributed by atoms with van der Waals surface area (Å²) in [6.07, 6.45) is 0.325. The Morgan fingerprint density at radius 2 is 1.76 bits per heavy atom. The Bertz CT molecular complexity index is 1250. The van der Waals surface area contributed by atoms with Crippen molar-refractivity contribution in [3.63, 3.8) is 0 Å². The monoisotopic (exact) mass is 411 g/mol. The van der Waals surface area contributed by atoms with Gasteiger partial charge in [0.2, 0.25) is 5.88 Å². The Morgan fingerprint density at radius 3 is 2.48 bits per heavy atom. The second kappa shape index (κ2) is 7.36. The van der Waals surface area contributed by atoms with Gasteiger partial charge in [-0.2, -0.15) is 0 Å². The normalized spacial score (nSPS) is 16.1. The molecule has 1 aliphatic rings. The van der Waals surface area contributed by atoms with Crippen LogP contribution in [0.4, 0.5) is 10.1 Å². The van der Waals surface area contributed by atoms with Crippen LogP contribution in [0.2, 0.25) is 0 Å². The molecule has 0 bridgehead atoms. The molecule has 0 saturated heterocycles. The molecule has 2 heterocycles. The number of aliphatic imine (C=N–C) groups is 1. The lowest BCUT2D eigenvalue weighted by Gasteiger charge is -2.17. The van der Waals surface area contributed by atoms with Gasteiger partial charge in [-0.1, -0.05) is 24.3 Å². The van der Waals surface area contributed by atoms with Crippen LogP contribution in [-0.2, 0) is 14.1 Å². The van der Waals surface area contributed by atoms with Crippen molar-refractivity contribution in [1.29, 1.82) is 0 Å². The first-order valence-corrected chi connectivity index (χ1v) is 9.83. The van der Waals surface area contributed by atoms with E-state index in [2.05, 4.69) is 4.99 Å². The molecule has 6 nitrogen and oxygen atoms in total. The van der Waals surface area contributed by atoms with Crippen LogP contribution in [-0.4, -0.2) is 20.0 Å². The van der Waals surface area contributed by atoms with Crippen LogP contribution in [0.5, 0.6) is 5.88 Å². The zero-order chi connectivity index (χ0) is 20.7. The van der Waals surface area contributed by atoms with Crippen molar-refractivity contribution in [2.45, 2.75) is 16.6 Å². The first-order chi connectivity index (χ1) is 13.9. The number of aromatic hydroxyl groups is 1. The molecular formula is C21H18FN3O3S. The molecule has 1 aliphatic heterocycles. The quantitative estimate of drug-likeness (QED) is 0.702. The van der Waals surface area contributed by atoms with Crippen LogP contribution >= 0.6 is 11.8 Å². The van der Waals surface area contributed by atoms with Gasteiger partial charge in [0, 0.05) is 30.7 Å². The zero-order valence-electron chi connectivity index (χ0n) is 15.8. The average Bonchev–Trinajstić information content (AvgIpc) is 2.91. The Hall–Kier alpha value is -3.13. The topological polar surface area (TPSA) is 76.6 Å². The molecule has 1 aromatic heterocycles. The Kier molecular flexibility index (Phi) is 4.87. The van der Waals surface area contributed by atoms with Gasteiger partial charge in [-0.25, -0.2) is 9.18 Å². The molecule has 0 amide bonds. The van der Waals surface area contributed by atoms with Crippen LogP contribution in [0.15, 0.2) is 68.0 Å². The van der Waals surface area contributed by atoms with Gasteiger partial charge in [-0.05, 0) is 29.8 Å². The van der Waals surface area contributed by atoms with E-state index < -0.39 is 17.1 Å². The lowest BCUT2D eigenvalue weighted by molar-refractivity contribution is 0.410. The van der Waals surface area contributed by atoms with Gasteiger partial charge in [0.1, 0.15) is 11.4 Å². The number of thioether (sulfide) groups is 1.